The van der Waals surface area contributed by atoms with E-state index in [1.54, 1.807) is 55.7 Å². The SMILES string of the molecule is Cc1ccc(C2/C(=C(/O)c3ccc(OCc4ccccc4)c(C)c3)C(=O)C(=O)N2Cc2cccnc2)o1. The highest BCUT2D eigenvalue weighted by molar-refractivity contribution is 6.46. The zero-order valence-electron chi connectivity index (χ0n) is 20.5. The van der Waals surface area contributed by atoms with Crippen LogP contribution < -0.4 is 4.74 Å². The molecule has 3 heterocycles. The van der Waals surface area contributed by atoms with Crippen LogP contribution in [0.15, 0.2) is 95.2 Å². The van der Waals surface area contributed by atoms with Crippen LogP contribution in [-0.2, 0) is 22.7 Å². The predicted octanol–water partition coefficient (Wildman–Crippen LogP) is 5.49. The summed E-state index contributed by atoms with van der Waals surface area (Å²) in [5.74, 6) is -0.0228. The number of aromatic nitrogens is 1. The number of Topliss-reactive ketones (excluding diaryl/α,β-unsaturated/α-hetero) is 1. The summed E-state index contributed by atoms with van der Waals surface area (Å²) in [5, 5.41) is 11.3. The number of pyridine rings is 1. The van der Waals surface area contributed by atoms with Crippen LogP contribution in [0.3, 0.4) is 0 Å². The Morgan fingerprint density at radius 2 is 1.78 bits per heavy atom. The van der Waals surface area contributed by atoms with Gasteiger partial charge in [0.1, 0.15) is 35.7 Å². The van der Waals surface area contributed by atoms with Crippen molar-refractivity contribution in [3.8, 4) is 5.75 Å². The molecule has 1 fully saturated rings. The van der Waals surface area contributed by atoms with Gasteiger partial charge in [0, 0.05) is 24.5 Å². The van der Waals surface area contributed by atoms with E-state index in [-0.39, 0.29) is 17.9 Å². The number of hydrogen-bond acceptors (Lipinski definition) is 6. The topological polar surface area (TPSA) is 92.9 Å². The van der Waals surface area contributed by atoms with Crippen molar-refractivity contribution in [2.24, 2.45) is 0 Å². The summed E-state index contributed by atoms with van der Waals surface area (Å²) < 4.78 is 11.8. The number of nitrogens with zero attached hydrogens (tertiary/aromatic N) is 2. The van der Waals surface area contributed by atoms with Gasteiger partial charge in [0.05, 0.1) is 5.57 Å². The lowest BCUT2D eigenvalue weighted by molar-refractivity contribution is -0.140. The minimum atomic E-state index is -0.872. The monoisotopic (exact) mass is 494 g/mol. The van der Waals surface area contributed by atoms with Gasteiger partial charge in [-0.1, -0.05) is 36.4 Å². The number of rotatable bonds is 7. The fraction of sp³-hybridized carbons (Fsp3) is 0.167. The molecule has 0 saturated carbocycles. The Morgan fingerprint density at radius 1 is 1.00 bits per heavy atom. The molecule has 1 aliphatic rings. The number of carbonyl (C=O) groups is 2. The van der Waals surface area contributed by atoms with Gasteiger partial charge in [0.25, 0.3) is 11.7 Å². The average molecular weight is 495 g/mol. The Morgan fingerprint density at radius 3 is 2.46 bits per heavy atom. The third-order valence-electron chi connectivity index (χ3n) is 6.33. The smallest absolute Gasteiger partial charge is 0.296 e. The molecule has 5 rings (SSSR count). The second-order valence-corrected chi connectivity index (χ2v) is 8.99. The first-order valence-corrected chi connectivity index (χ1v) is 11.9. The molecular formula is C30H26N2O5. The summed E-state index contributed by atoms with van der Waals surface area (Å²) in [5.41, 5.74) is 2.98. The van der Waals surface area contributed by atoms with Crippen LogP contribution in [0.25, 0.3) is 5.76 Å². The van der Waals surface area contributed by atoms with E-state index < -0.39 is 17.7 Å². The number of likely N-dealkylation sites (tertiary alicyclic amines) is 1. The molecule has 7 nitrogen and oxygen atoms in total. The highest BCUT2D eigenvalue weighted by Gasteiger charge is 2.47. The van der Waals surface area contributed by atoms with Crippen molar-refractivity contribution in [3.05, 3.63) is 125 Å². The predicted molar refractivity (Wildman–Crippen MR) is 137 cm³/mol. The van der Waals surface area contributed by atoms with Crippen molar-refractivity contribution < 1.29 is 23.8 Å². The molecule has 0 aliphatic carbocycles. The number of carbonyl (C=O) groups excluding carboxylic acids is 2. The number of ketones is 1. The molecule has 37 heavy (non-hydrogen) atoms. The van der Waals surface area contributed by atoms with E-state index in [1.165, 1.54) is 4.90 Å². The van der Waals surface area contributed by atoms with E-state index >= 15 is 0 Å². The Bertz CT molecular complexity index is 1470. The second kappa shape index (κ2) is 10.1. The van der Waals surface area contributed by atoms with Gasteiger partial charge in [0.2, 0.25) is 0 Å². The molecule has 1 saturated heterocycles. The number of benzene rings is 2. The van der Waals surface area contributed by atoms with E-state index in [0.717, 1.165) is 16.7 Å². The van der Waals surface area contributed by atoms with Crippen molar-refractivity contribution in [2.75, 3.05) is 0 Å². The van der Waals surface area contributed by atoms with Crippen molar-refractivity contribution >= 4 is 17.4 Å². The lowest BCUT2D eigenvalue weighted by atomic mass is 9.98. The lowest BCUT2D eigenvalue weighted by Crippen LogP contribution is -2.29. The maximum absolute atomic E-state index is 13.2. The van der Waals surface area contributed by atoms with Crippen LogP contribution in [0.4, 0.5) is 0 Å². The largest absolute Gasteiger partial charge is 0.507 e. The maximum Gasteiger partial charge on any atom is 0.296 e. The van der Waals surface area contributed by atoms with Gasteiger partial charge in [-0.15, -0.1) is 0 Å². The van der Waals surface area contributed by atoms with Crippen LogP contribution in [-0.4, -0.2) is 26.7 Å². The van der Waals surface area contributed by atoms with E-state index in [2.05, 4.69) is 4.98 Å². The normalized spacial score (nSPS) is 16.8. The second-order valence-electron chi connectivity index (χ2n) is 8.99. The molecule has 4 aromatic rings. The molecule has 1 amide bonds. The highest BCUT2D eigenvalue weighted by atomic mass is 16.5. The van der Waals surface area contributed by atoms with Crippen LogP contribution in [0.5, 0.6) is 5.75 Å². The Balaban J connectivity index is 1.50. The number of hydrogen-bond donors (Lipinski definition) is 1. The summed E-state index contributed by atoms with van der Waals surface area (Å²) in [7, 11) is 0. The third-order valence-corrected chi connectivity index (χ3v) is 6.33. The molecule has 0 spiro atoms. The maximum atomic E-state index is 13.2. The molecular weight excluding hydrogens is 468 g/mol. The quantitative estimate of drug-likeness (QED) is 0.207. The van der Waals surface area contributed by atoms with Crippen LogP contribution >= 0.6 is 0 Å². The van der Waals surface area contributed by atoms with Gasteiger partial charge in [-0.05, 0) is 66.9 Å². The van der Waals surface area contributed by atoms with E-state index in [1.807, 2.05) is 43.3 Å². The summed E-state index contributed by atoms with van der Waals surface area (Å²) in [6.45, 7) is 4.20. The van der Waals surface area contributed by atoms with Gasteiger partial charge in [-0.2, -0.15) is 0 Å². The third kappa shape index (κ3) is 4.89. The summed E-state index contributed by atoms with van der Waals surface area (Å²) >= 11 is 0. The first kappa shape index (κ1) is 24.1. The molecule has 0 bridgehead atoms. The summed E-state index contributed by atoms with van der Waals surface area (Å²) in [6.07, 6.45) is 3.28. The highest BCUT2D eigenvalue weighted by Crippen LogP contribution is 2.41. The van der Waals surface area contributed by atoms with Gasteiger partial charge in [-0.3, -0.25) is 14.6 Å². The average Bonchev–Trinajstić information content (AvgIpc) is 3.45. The number of aryl methyl sites for hydroxylation is 2. The number of amides is 1. The van der Waals surface area contributed by atoms with E-state index in [4.69, 9.17) is 9.15 Å². The first-order valence-electron chi connectivity index (χ1n) is 11.9. The molecule has 0 radical (unpaired) electrons. The van der Waals surface area contributed by atoms with Crippen molar-refractivity contribution in [3.63, 3.8) is 0 Å². The molecule has 1 unspecified atom stereocenters. The summed E-state index contributed by atoms with van der Waals surface area (Å²) in [4.78, 5) is 31.9. The zero-order valence-corrected chi connectivity index (χ0v) is 20.5. The Hall–Kier alpha value is -4.65. The van der Waals surface area contributed by atoms with Crippen LogP contribution in [0.1, 0.15) is 39.8 Å². The Labute approximate surface area is 214 Å². The van der Waals surface area contributed by atoms with Crippen LogP contribution in [0, 0.1) is 13.8 Å². The van der Waals surface area contributed by atoms with Crippen molar-refractivity contribution in [2.45, 2.75) is 33.0 Å². The van der Waals surface area contributed by atoms with Gasteiger partial charge >= 0.3 is 0 Å². The van der Waals surface area contributed by atoms with Gasteiger partial charge in [-0.25, -0.2) is 0 Å². The number of aliphatic hydroxyl groups is 1. The minimum absolute atomic E-state index is 0.0133. The summed E-state index contributed by atoms with van der Waals surface area (Å²) in [6, 6.07) is 21.2. The zero-order chi connectivity index (χ0) is 25.9. The molecule has 2 aromatic heterocycles. The number of furan rings is 1. The molecule has 2 aromatic carbocycles. The first-order chi connectivity index (χ1) is 17.9. The number of aliphatic hydroxyl groups excluding tert-OH is 1. The molecule has 1 N–H and O–H groups in total. The Kier molecular flexibility index (Phi) is 6.60. The van der Waals surface area contributed by atoms with Crippen molar-refractivity contribution in [1.29, 1.82) is 0 Å². The molecule has 1 aliphatic heterocycles. The van der Waals surface area contributed by atoms with Crippen molar-refractivity contribution in [1.82, 2.24) is 9.88 Å². The van der Waals surface area contributed by atoms with E-state index in [0.29, 0.717) is 29.4 Å². The molecule has 186 valence electrons. The number of ether oxygens (including phenoxy) is 1. The lowest BCUT2D eigenvalue weighted by Gasteiger charge is -2.23. The fourth-order valence-electron chi connectivity index (χ4n) is 4.48. The molecule has 7 heteroatoms. The van der Waals surface area contributed by atoms with Gasteiger partial charge < -0.3 is 19.2 Å². The van der Waals surface area contributed by atoms with Crippen LogP contribution in [0.2, 0.25) is 0 Å². The van der Waals surface area contributed by atoms with Gasteiger partial charge in [0.15, 0.2) is 0 Å². The minimum Gasteiger partial charge on any atom is -0.507 e. The van der Waals surface area contributed by atoms with E-state index in [9.17, 15) is 14.7 Å². The fourth-order valence-corrected chi connectivity index (χ4v) is 4.48. The molecule has 1 atom stereocenters. The standard InChI is InChI=1S/C30H26N2O5/c1-19-15-23(11-13-24(19)36-18-21-7-4-3-5-8-21)28(33)26-27(25-12-10-20(2)37-25)32(30(35)29(26)34)17-22-9-6-14-31-16-22/h3-16,27,33H,17-18H2,1-2H3/b28-26-.